The fourth-order valence-corrected chi connectivity index (χ4v) is 2.80. The fourth-order valence-electron chi connectivity index (χ4n) is 2.80. The molecule has 2 aromatic rings. The average molecular weight is 324 g/mol. The molecule has 0 saturated carbocycles. The second-order valence-electron chi connectivity index (χ2n) is 6.80. The van der Waals surface area contributed by atoms with Gasteiger partial charge in [-0.1, -0.05) is 61.5 Å². The van der Waals surface area contributed by atoms with Crippen molar-refractivity contribution >= 4 is 12.1 Å². The van der Waals surface area contributed by atoms with Crippen LogP contribution in [0.25, 0.3) is 0 Å². The largest absolute Gasteiger partial charge is 0.382 e. The summed E-state index contributed by atoms with van der Waals surface area (Å²) in [4.78, 5) is 23.4. The number of carbonyl (C=O) groups is 2. The fraction of sp³-hybridized carbons (Fsp3) is 0.333. The lowest BCUT2D eigenvalue weighted by molar-refractivity contribution is -0.111. The van der Waals surface area contributed by atoms with Crippen LogP contribution >= 0.6 is 0 Å². The van der Waals surface area contributed by atoms with E-state index in [1.54, 1.807) is 12.1 Å². The maximum atomic E-state index is 12.1. The molecule has 126 valence electrons. The molecule has 0 amide bonds. The Bertz CT molecular complexity index is 681. The Kier molecular flexibility index (Phi) is 5.68. The third kappa shape index (κ3) is 4.39. The highest BCUT2D eigenvalue weighted by molar-refractivity contribution is 6.01. The van der Waals surface area contributed by atoms with Crippen molar-refractivity contribution in [3.8, 4) is 0 Å². The van der Waals surface area contributed by atoms with Gasteiger partial charge in [0.25, 0.3) is 0 Å². The van der Waals surface area contributed by atoms with Crippen LogP contribution in [0.15, 0.2) is 54.6 Å². The number of aldehydes is 1. The van der Waals surface area contributed by atoms with Crippen molar-refractivity contribution in [3.05, 3.63) is 71.3 Å². The van der Waals surface area contributed by atoms with E-state index in [1.165, 1.54) is 13.8 Å². The van der Waals surface area contributed by atoms with Crippen LogP contribution in [-0.4, -0.2) is 22.8 Å². The van der Waals surface area contributed by atoms with Crippen LogP contribution in [0.2, 0.25) is 0 Å². The van der Waals surface area contributed by atoms with E-state index in [1.807, 2.05) is 49.4 Å². The Morgan fingerprint density at radius 2 is 1.67 bits per heavy atom. The lowest BCUT2D eigenvalue weighted by atomic mass is 9.83. The van der Waals surface area contributed by atoms with E-state index in [0.717, 1.165) is 23.8 Å². The highest BCUT2D eigenvalue weighted by Gasteiger charge is 2.25. The summed E-state index contributed by atoms with van der Waals surface area (Å²) in [6.45, 7) is 4.90. The van der Waals surface area contributed by atoms with Crippen LogP contribution in [-0.2, 0) is 11.2 Å². The Hall–Kier alpha value is -2.26. The highest BCUT2D eigenvalue weighted by Crippen LogP contribution is 2.28. The first kappa shape index (κ1) is 18.1. The lowest BCUT2D eigenvalue weighted by Gasteiger charge is -2.21. The number of benzene rings is 2. The molecule has 0 bridgehead atoms. The Balaban J connectivity index is 2.21. The molecule has 2 aromatic carbocycles. The first-order chi connectivity index (χ1) is 11.3. The molecule has 0 aliphatic carbocycles. The molecule has 0 heterocycles. The van der Waals surface area contributed by atoms with Crippen LogP contribution in [0.4, 0.5) is 0 Å². The predicted octanol–water partition coefficient (Wildman–Crippen LogP) is 3.80. The maximum absolute atomic E-state index is 12.1. The van der Waals surface area contributed by atoms with Crippen LogP contribution in [0.5, 0.6) is 0 Å². The van der Waals surface area contributed by atoms with Gasteiger partial charge in [0.15, 0.2) is 5.78 Å². The van der Waals surface area contributed by atoms with Gasteiger partial charge in [-0.2, -0.15) is 0 Å². The zero-order chi connectivity index (χ0) is 17.7. The third-order valence-electron chi connectivity index (χ3n) is 4.30. The van der Waals surface area contributed by atoms with Crippen LogP contribution < -0.4 is 0 Å². The average Bonchev–Trinajstić information content (AvgIpc) is 2.59. The number of hydrogen-bond acceptors (Lipinski definition) is 3. The number of hydrogen-bond donors (Lipinski definition) is 1. The van der Waals surface area contributed by atoms with E-state index in [4.69, 9.17) is 0 Å². The van der Waals surface area contributed by atoms with Crippen molar-refractivity contribution in [1.82, 2.24) is 0 Å². The van der Waals surface area contributed by atoms with Gasteiger partial charge in [-0.25, -0.2) is 0 Å². The zero-order valence-corrected chi connectivity index (χ0v) is 14.4. The van der Waals surface area contributed by atoms with Gasteiger partial charge in [0.05, 0.1) is 0 Å². The van der Waals surface area contributed by atoms with E-state index >= 15 is 0 Å². The molecular weight excluding hydrogens is 300 g/mol. The summed E-state index contributed by atoms with van der Waals surface area (Å²) in [5.74, 6) is -0.292. The molecule has 0 saturated heterocycles. The minimum atomic E-state index is -1.37. The standard InChI is InChI=1S/C21H24O3/c1-15(14-22)19(17-7-5-4-6-8-17)13-16-9-11-18(12-10-16)20(23)21(2,3)24/h4-12,14-15,19,24H,13H2,1-3H3. The van der Waals surface area contributed by atoms with Gasteiger partial charge >= 0.3 is 0 Å². The normalized spacial score (nSPS) is 14.0. The minimum absolute atomic E-state index is 0.0925. The highest BCUT2D eigenvalue weighted by atomic mass is 16.3. The van der Waals surface area contributed by atoms with E-state index in [2.05, 4.69) is 0 Å². The second-order valence-corrected chi connectivity index (χ2v) is 6.80. The minimum Gasteiger partial charge on any atom is -0.382 e. The Labute approximate surface area is 143 Å². The van der Waals surface area contributed by atoms with Crippen molar-refractivity contribution in [1.29, 1.82) is 0 Å². The molecule has 24 heavy (non-hydrogen) atoms. The summed E-state index contributed by atoms with van der Waals surface area (Å²) in [5.41, 5.74) is 1.31. The van der Waals surface area contributed by atoms with Gasteiger partial charge in [0.1, 0.15) is 11.9 Å². The second kappa shape index (κ2) is 7.54. The molecule has 0 radical (unpaired) electrons. The van der Waals surface area contributed by atoms with Crippen LogP contribution in [0.1, 0.15) is 48.2 Å². The summed E-state index contributed by atoms with van der Waals surface area (Å²) in [6.07, 6.45) is 1.71. The zero-order valence-electron chi connectivity index (χ0n) is 14.4. The molecule has 0 spiro atoms. The molecule has 2 unspecified atom stereocenters. The number of aliphatic hydroxyl groups is 1. The SMILES string of the molecule is CC(C=O)C(Cc1ccc(C(=O)C(C)(C)O)cc1)c1ccccc1. The number of ketones is 1. The molecule has 0 aliphatic rings. The van der Waals surface area contributed by atoms with Crippen LogP contribution in [0.3, 0.4) is 0 Å². The summed E-state index contributed by atoms with van der Waals surface area (Å²) in [7, 11) is 0. The molecule has 2 atom stereocenters. The molecule has 3 heteroatoms. The first-order valence-corrected chi connectivity index (χ1v) is 8.19. The van der Waals surface area contributed by atoms with Crippen molar-refractivity contribution in [2.75, 3.05) is 0 Å². The maximum Gasteiger partial charge on any atom is 0.193 e. The molecule has 3 nitrogen and oxygen atoms in total. The van der Waals surface area contributed by atoms with Gasteiger partial charge in [-0.15, -0.1) is 0 Å². The number of rotatable bonds is 7. The first-order valence-electron chi connectivity index (χ1n) is 8.19. The molecule has 0 aromatic heterocycles. The quantitative estimate of drug-likeness (QED) is 0.622. The Morgan fingerprint density at radius 3 is 2.17 bits per heavy atom. The molecule has 2 rings (SSSR count). The molecular formula is C21H24O3. The number of carbonyl (C=O) groups excluding carboxylic acids is 2. The summed E-state index contributed by atoms with van der Waals surface area (Å²) in [6, 6.07) is 17.3. The van der Waals surface area contributed by atoms with Gasteiger partial charge < -0.3 is 9.90 Å². The van der Waals surface area contributed by atoms with Crippen molar-refractivity contribution in [2.24, 2.45) is 5.92 Å². The molecule has 0 aliphatic heterocycles. The van der Waals surface area contributed by atoms with Gasteiger partial charge in [0.2, 0.25) is 0 Å². The molecule has 1 N–H and O–H groups in total. The summed E-state index contributed by atoms with van der Waals surface area (Å²) >= 11 is 0. The van der Waals surface area contributed by atoms with E-state index in [-0.39, 0.29) is 17.6 Å². The number of Topliss-reactive ketones (excluding diaryl/α,β-unsaturated/α-hetero) is 1. The van der Waals surface area contributed by atoms with Gasteiger partial charge in [-0.05, 0) is 37.3 Å². The smallest absolute Gasteiger partial charge is 0.193 e. The lowest BCUT2D eigenvalue weighted by Crippen LogP contribution is -2.31. The van der Waals surface area contributed by atoms with Crippen molar-refractivity contribution in [2.45, 2.75) is 38.7 Å². The van der Waals surface area contributed by atoms with E-state index in [9.17, 15) is 14.7 Å². The third-order valence-corrected chi connectivity index (χ3v) is 4.30. The monoisotopic (exact) mass is 324 g/mol. The van der Waals surface area contributed by atoms with Crippen molar-refractivity contribution < 1.29 is 14.7 Å². The van der Waals surface area contributed by atoms with E-state index < -0.39 is 5.60 Å². The Morgan fingerprint density at radius 1 is 1.08 bits per heavy atom. The van der Waals surface area contributed by atoms with Gasteiger partial charge in [-0.3, -0.25) is 4.79 Å². The van der Waals surface area contributed by atoms with Crippen LogP contribution in [0, 0.1) is 5.92 Å². The van der Waals surface area contributed by atoms with Gasteiger partial charge in [0, 0.05) is 11.5 Å². The molecule has 0 fully saturated rings. The van der Waals surface area contributed by atoms with Crippen molar-refractivity contribution in [3.63, 3.8) is 0 Å². The summed E-state index contributed by atoms with van der Waals surface area (Å²) in [5, 5.41) is 9.82. The topological polar surface area (TPSA) is 54.4 Å². The predicted molar refractivity (Wildman–Crippen MR) is 95.2 cm³/mol. The summed E-state index contributed by atoms with van der Waals surface area (Å²) < 4.78 is 0. The van der Waals surface area contributed by atoms with E-state index in [0.29, 0.717) is 5.56 Å².